The number of nitrogens with zero attached hydrogens (tertiary/aromatic N) is 1. The normalized spacial score (nSPS) is 12.5. The highest BCUT2D eigenvalue weighted by molar-refractivity contribution is 5.92. The molecule has 2 aromatic rings. The van der Waals surface area contributed by atoms with E-state index in [2.05, 4.69) is 14.8 Å². The first-order valence-electron chi connectivity index (χ1n) is 8.13. The Hall–Kier alpha value is -3.01. The number of alkyl halides is 3. The van der Waals surface area contributed by atoms with Crippen LogP contribution in [0.5, 0.6) is 5.75 Å². The van der Waals surface area contributed by atoms with Gasteiger partial charge in [-0.05, 0) is 50.4 Å². The summed E-state index contributed by atoms with van der Waals surface area (Å²) < 4.78 is 50.2. The van der Waals surface area contributed by atoms with E-state index >= 15 is 0 Å². The van der Waals surface area contributed by atoms with Crippen molar-refractivity contribution in [2.75, 3.05) is 26.0 Å². The van der Waals surface area contributed by atoms with Crippen LogP contribution in [-0.4, -0.2) is 43.8 Å². The lowest BCUT2D eigenvalue weighted by Crippen LogP contribution is -2.32. The second kappa shape index (κ2) is 8.79. The molecule has 0 saturated heterocycles. The van der Waals surface area contributed by atoms with Crippen LogP contribution in [0.4, 0.5) is 18.9 Å². The molecule has 1 aromatic carbocycles. The van der Waals surface area contributed by atoms with E-state index in [9.17, 15) is 22.8 Å². The molecule has 7 nitrogen and oxygen atoms in total. The van der Waals surface area contributed by atoms with Crippen LogP contribution in [0.25, 0.3) is 0 Å². The summed E-state index contributed by atoms with van der Waals surface area (Å²) in [6.45, 7) is 1.77. The van der Waals surface area contributed by atoms with Crippen molar-refractivity contribution >= 4 is 17.6 Å². The summed E-state index contributed by atoms with van der Waals surface area (Å²) in [6.07, 6.45) is -4.77. The number of halogens is 3. The van der Waals surface area contributed by atoms with Crippen molar-refractivity contribution in [2.45, 2.75) is 19.3 Å². The highest BCUT2D eigenvalue weighted by Crippen LogP contribution is 2.24. The minimum Gasteiger partial charge on any atom is -0.463 e. The molecule has 1 atom stereocenters. The Labute approximate surface area is 159 Å². The summed E-state index contributed by atoms with van der Waals surface area (Å²) in [4.78, 5) is 25.3. The van der Waals surface area contributed by atoms with E-state index < -0.39 is 12.3 Å². The molecule has 0 saturated carbocycles. The summed E-state index contributed by atoms with van der Waals surface area (Å²) in [5, 5.41) is 2.58. The van der Waals surface area contributed by atoms with Gasteiger partial charge in [-0.1, -0.05) is 0 Å². The smallest absolute Gasteiger partial charge is 0.463 e. The summed E-state index contributed by atoms with van der Waals surface area (Å²) >= 11 is 0. The van der Waals surface area contributed by atoms with E-state index in [0.29, 0.717) is 11.4 Å². The lowest BCUT2D eigenvalue weighted by Gasteiger charge is -2.22. The van der Waals surface area contributed by atoms with Gasteiger partial charge in [0, 0.05) is 5.69 Å². The number of benzene rings is 1. The van der Waals surface area contributed by atoms with E-state index in [4.69, 9.17) is 4.42 Å². The van der Waals surface area contributed by atoms with Crippen LogP contribution in [-0.2, 0) is 9.53 Å². The topological polar surface area (TPSA) is 81.0 Å². The number of likely N-dealkylation sites (N-methyl/N-ethyl adjacent to an activating group) is 1. The van der Waals surface area contributed by atoms with Gasteiger partial charge in [-0.3, -0.25) is 9.69 Å². The van der Waals surface area contributed by atoms with Crippen LogP contribution >= 0.6 is 0 Å². The number of rotatable bonds is 7. The number of esters is 1. The van der Waals surface area contributed by atoms with Crippen LogP contribution < -0.4 is 10.1 Å². The Morgan fingerprint density at radius 3 is 2.39 bits per heavy atom. The molecule has 2 rings (SSSR count). The van der Waals surface area contributed by atoms with Crippen molar-refractivity contribution in [1.82, 2.24) is 4.90 Å². The van der Waals surface area contributed by atoms with Crippen molar-refractivity contribution in [3.63, 3.8) is 0 Å². The number of furan rings is 1. The van der Waals surface area contributed by atoms with Gasteiger partial charge in [-0.2, -0.15) is 0 Å². The molecule has 0 bridgehead atoms. The summed E-state index contributed by atoms with van der Waals surface area (Å²) in [6, 6.07) is 7.60. The molecule has 1 amide bonds. The van der Waals surface area contributed by atoms with Gasteiger partial charge in [-0.15, -0.1) is 13.2 Å². The SMILES string of the molecule is COC(=O)c1ccc([C@H](C)N(C)CC(=O)Nc2ccc(OC(F)(F)F)cc2)o1. The van der Waals surface area contributed by atoms with Crippen molar-refractivity contribution < 1.29 is 36.7 Å². The highest BCUT2D eigenvalue weighted by atomic mass is 19.4. The van der Waals surface area contributed by atoms with Crippen molar-refractivity contribution in [1.29, 1.82) is 0 Å². The minimum absolute atomic E-state index is 0.0176. The third-order valence-corrected chi connectivity index (χ3v) is 3.85. The van der Waals surface area contributed by atoms with Gasteiger partial charge in [-0.25, -0.2) is 4.79 Å². The van der Waals surface area contributed by atoms with E-state index in [0.717, 1.165) is 12.1 Å². The summed E-state index contributed by atoms with van der Waals surface area (Å²) in [7, 11) is 2.93. The maximum atomic E-state index is 12.2. The highest BCUT2D eigenvalue weighted by Gasteiger charge is 2.31. The van der Waals surface area contributed by atoms with Crippen LogP contribution in [0.1, 0.15) is 29.3 Å². The van der Waals surface area contributed by atoms with Crippen LogP contribution in [0.3, 0.4) is 0 Å². The van der Waals surface area contributed by atoms with Crippen LogP contribution in [0.15, 0.2) is 40.8 Å². The largest absolute Gasteiger partial charge is 0.573 e. The van der Waals surface area contributed by atoms with Crippen molar-refractivity contribution in [3.8, 4) is 5.75 Å². The monoisotopic (exact) mass is 400 g/mol. The van der Waals surface area contributed by atoms with E-state index in [1.54, 1.807) is 24.9 Å². The number of carbonyl (C=O) groups is 2. The number of hydrogen-bond donors (Lipinski definition) is 1. The number of carbonyl (C=O) groups excluding carboxylic acids is 2. The minimum atomic E-state index is -4.77. The van der Waals surface area contributed by atoms with Crippen LogP contribution in [0.2, 0.25) is 0 Å². The molecule has 0 aliphatic heterocycles. The standard InChI is InChI=1S/C18H19F3N2O5/c1-11(14-8-9-15(27-14)17(25)26-3)23(2)10-16(24)22-12-4-6-13(7-5-12)28-18(19,20)21/h4-9,11H,10H2,1-3H3,(H,22,24)/t11-/m0/s1. The Kier molecular flexibility index (Phi) is 6.68. The average molecular weight is 400 g/mol. The van der Waals surface area contributed by atoms with Gasteiger partial charge in [0.25, 0.3) is 0 Å². The van der Waals surface area contributed by atoms with Gasteiger partial charge < -0.3 is 19.2 Å². The van der Waals surface area contributed by atoms with Crippen molar-refractivity contribution in [2.24, 2.45) is 0 Å². The molecule has 0 aliphatic carbocycles. The zero-order valence-corrected chi connectivity index (χ0v) is 15.4. The van der Waals surface area contributed by atoms with E-state index in [1.807, 2.05) is 0 Å². The second-order valence-electron chi connectivity index (χ2n) is 5.91. The maximum absolute atomic E-state index is 12.2. The molecule has 0 spiro atoms. The molecule has 0 fully saturated rings. The lowest BCUT2D eigenvalue weighted by molar-refractivity contribution is -0.274. The number of methoxy groups -OCH3 is 1. The van der Waals surface area contributed by atoms with Crippen LogP contribution in [0, 0.1) is 0 Å². The molecule has 152 valence electrons. The average Bonchev–Trinajstić information content (AvgIpc) is 3.10. The Balaban J connectivity index is 1.91. The molecule has 1 aromatic heterocycles. The number of nitrogens with one attached hydrogen (secondary N) is 1. The van der Waals surface area contributed by atoms with Gasteiger partial charge in [0.05, 0.1) is 19.7 Å². The van der Waals surface area contributed by atoms with Gasteiger partial charge in [0.1, 0.15) is 11.5 Å². The molecular formula is C18H19F3N2O5. The van der Waals surface area contributed by atoms with E-state index in [-0.39, 0.29) is 30.0 Å². The summed E-state index contributed by atoms with van der Waals surface area (Å²) in [5.74, 6) is -0.821. The third-order valence-electron chi connectivity index (χ3n) is 3.85. The maximum Gasteiger partial charge on any atom is 0.573 e. The number of amides is 1. The fourth-order valence-electron chi connectivity index (χ4n) is 2.31. The molecule has 0 radical (unpaired) electrons. The first-order chi connectivity index (χ1) is 13.1. The molecule has 0 aliphatic rings. The molecule has 1 N–H and O–H groups in total. The quantitative estimate of drug-likeness (QED) is 0.716. The fraction of sp³-hybridized carbons (Fsp3) is 0.333. The Bertz CT molecular complexity index is 817. The zero-order chi connectivity index (χ0) is 20.9. The van der Waals surface area contributed by atoms with E-state index in [1.165, 1.54) is 25.3 Å². The first-order valence-corrected chi connectivity index (χ1v) is 8.13. The van der Waals surface area contributed by atoms with Crippen molar-refractivity contribution in [3.05, 3.63) is 47.9 Å². The number of hydrogen-bond acceptors (Lipinski definition) is 6. The second-order valence-corrected chi connectivity index (χ2v) is 5.91. The zero-order valence-electron chi connectivity index (χ0n) is 15.4. The fourth-order valence-corrected chi connectivity index (χ4v) is 2.31. The number of ether oxygens (including phenoxy) is 2. The molecule has 28 heavy (non-hydrogen) atoms. The van der Waals surface area contributed by atoms with Gasteiger partial charge in [0.2, 0.25) is 11.7 Å². The molecule has 10 heteroatoms. The first kappa shape index (κ1) is 21.3. The third kappa shape index (κ3) is 6.02. The predicted octanol–water partition coefficient (Wildman–Crippen LogP) is 3.60. The van der Waals surface area contributed by atoms with Gasteiger partial charge in [0.15, 0.2) is 0 Å². The predicted molar refractivity (Wildman–Crippen MR) is 92.8 cm³/mol. The lowest BCUT2D eigenvalue weighted by atomic mass is 10.2. The number of anilines is 1. The molecule has 0 unspecified atom stereocenters. The van der Waals surface area contributed by atoms with Gasteiger partial charge >= 0.3 is 12.3 Å². The summed E-state index contributed by atoms with van der Waals surface area (Å²) in [5.41, 5.74) is 0.326. The molecule has 1 heterocycles. The Morgan fingerprint density at radius 2 is 1.82 bits per heavy atom. The Morgan fingerprint density at radius 1 is 1.18 bits per heavy atom. The molecular weight excluding hydrogens is 381 g/mol.